The molecule has 0 aromatic carbocycles. The number of nitrogens with one attached hydrogen (secondary N) is 1. The van der Waals surface area contributed by atoms with Gasteiger partial charge in [-0.05, 0) is 51.4 Å². The first-order valence-electron chi connectivity index (χ1n) is 9.92. The van der Waals surface area contributed by atoms with Crippen molar-refractivity contribution in [3.8, 4) is 0 Å². The van der Waals surface area contributed by atoms with Gasteiger partial charge in [-0.25, -0.2) is 0 Å². The zero-order valence-corrected chi connectivity index (χ0v) is 14.6. The second-order valence-corrected chi connectivity index (χ2v) is 8.25. The summed E-state index contributed by atoms with van der Waals surface area (Å²) in [7, 11) is 0. The van der Waals surface area contributed by atoms with Crippen LogP contribution in [0.5, 0.6) is 0 Å². The van der Waals surface area contributed by atoms with Crippen molar-refractivity contribution in [3.63, 3.8) is 0 Å². The van der Waals surface area contributed by atoms with Crippen LogP contribution in [0.3, 0.4) is 0 Å². The highest BCUT2D eigenvalue weighted by molar-refractivity contribution is 5.90. The van der Waals surface area contributed by atoms with Crippen LogP contribution in [0.1, 0.15) is 70.6 Å². The Balaban J connectivity index is 1.35. The summed E-state index contributed by atoms with van der Waals surface area (Å²) in [5.41, 5.74) is 0.00758. The maximum absolute atomic E-state index is 12.8. The highest BCUT2D eigenvalue weighted by Gasteiger charge is 2.43. The van der Waals surface area contributed by atoms with Crippen molar-refractivity contribution in [2.24, 2.45) is 5.92 Å². The largest absolute Gasteiger partial charge is 0.375 e. The summed E-state index contributed by atoms with van der Waals surface area (Å²) in [6.07, 6.45) is 11.7. The Morgan fingerprint density at radius 2 is 1.79 bits per heavy atom. The Kier molecular flexibility index (Phi) is 4.54. The fourth-order valence-corrected chi connectivity index (χ4v) is 4.86. The molecular weight excluding hydrogens is 304 g/mol. The van der Waals surface area contributed by atoms with E-state index in [1.54, 1.807) is 0 Å². The Hall–Kier alpha value is -1.10. The topological polar surface area (TPSA) is 58.6 Å². The average molecular weight is 334 g/mol. The number of nitrogens with zero attached hydrogens (tertiary/aromatic N) is 1. The van der Waals surface area contributed by atoms with Crippen LogP contribution in [0, 0.1) is 5.92 Å². The molecule has 0 aromatic heterocycles. The molecular formula is C19H30N2O3. The van der Waals surface area contributed by atoms with Gasteiger partial charge in [-0.1, -0.05) is 19.3 Å². The highest BCUT2D eigenvalue weighted by Crippen LogP contribution is 2.39. The molecule has 5 heteroatoms. The maximum atomic E-state index is 12.8. The number of rotatable bonds is 3. The summed E-state index contributed by atoms with van der Waals surface area (Å²) in [6.45, 7) is 1.51. The molecule has 4 rings (SSSR count). The van der Waals surface area contributed by atoms with Crippen LogP contribution in [-0.4, -0.2) is 47.6 Å². The van der Waals surface area contributed by atoms with Gasteiger partial charge in [0.2, 0.25) is 11.8 Å². The number of carbonyl (C=O) groups excluding carboxylic acids is 2. The first-order valence-corrected chi connectivity index (χ1v) is 9.92. The van der Waals surface area contributed by atoms with Gasteiger partial charge in [0, 0.05) is 25.1 Å². The van der Waals surface area contributed by atoms with Crippen LogP contribution >= 0.6 is 0 Å². The van der Waals surface area contributed by atoms with E-state index in [2.05, 4.69) is 5.32 Å². The van der Waals surface area contributed by atoms with E-state index in [9.17, 15) is 9.59 Å². The molecule has 1 N–H and O–H groups in total. The van der Waals surface area contributed by atoms with Gasteiger partial charge in [0.1, 0.15) is 6.04 Å². The van der Waals surface area contributed by atoms with Crippen LogP contribution in [0.4, 0.5) is 0 Å². The number of hydrogen-bond donors (Lipinski definition) is 1. The molecule has 2 atom stereocenters. The molecule has 0 aromatic rings. The zero-order valence-electron chi connectivity index (χ0n) is 14.6. The van der Waals surface area contributed by atoms with Crippen LogP contribution in [0.2, 0.25) is 0 Å². The zero-order chi connectivity index (χ0) is 16.6. The molecule has 0 unspecified atom stereocenters. The van der Waals surface area contributed by atoms with Gasteiger partial charge in [0.15, 0.2) is 0 Å². The predicted octanol–water partition coefficient (Wildman–Crippen LogP) is 2.39. The third-order valence-electron chi connectivity index (χ3n) is 6.37. The lowest BCUT2D eigenvalue weighted by Crippen LogP contribution is -2.53. The lowest BCUT2D eigenvalue weighted by Gasteiger charge is -2.44. The van der Waals surface area contributed by atoms with Crippen molar-refractivity contribution < 1.29 is 14.3 Å². The molecule has 1 spiro atoms. The minimum absolute atomic E-state index is 0.00758. The van der Waals surface area contributed by atoms with Crippen LogP contribution in [-0.2, 0) is 14.3 Å². The Morgan fingerprint density at radius 3 is 2.54 bits per heavy atom. The number of carbonyl (C=O) groups is 2. The lowest BCUT2D eigenvalue weighted by molar-refractivity contribution is -0.141. The molecule has 24 heavy (non-hydrogen) atoms. The van der Waals surface area contributed by atoms with E-state index in [4.69, 9.17) is 4.74 Å². The Bertz CT molecular complexity index is 491. The summed E-state index contributed by atoms with van der Waals surface area (Å²) in [4.78, 5) is 27.0. The van der Waals surface area contributed by atoms with E-state index < -0.39 is 0 Å². The molecule has 2 aliphatic carbocycles. The first-order chi connectivity index (χ1) is 11.7. The minimum Gasteiger partial charge on any atom is -0.375 e. The second kappa shape index (κ2) is 6.66. The summed E-state index contributed by atoms with van der Waals surface area (Å²) in [6, 6.07) is -0.0222. The normalized spacial score (nSPS) is 32.8. The number of likely N-dealkylation sites (tertiary alicyclic amines) is 1. The molecule has 2 aliphatic heterocycles. The van der Waals surface area contributed by atoms with E-state index in [0.717, 1.165) is 64.5 Å². The molecule has 0 bridgehead atoms. The summed E-state index contributed by atoms with van der Waals surface area (Å²) < 4.78 is 6.13. The quantitative estimate of drug-likeness (QED) is 0.862. The molecule has 2 saturated heterocycles. The summed E-state index contributed by atoms with van der Waals surface area (Å²) in [5, 5.41) is 3.26. The predicted molar refractivity (Wildman–Crippen MR) is 90.4 cm³/mol. The van der Waals surface area contributed by atoms with Crippen molar-refractivity contribution in [2.75, 3.05) is 13.2 Å². The monoisotopic (exact) mass is 334 g/mol. The van der Waals surface area contributed by atoms with Crippen LogP contribution < -0.4 is 5.32 Å². The lowest BCUT2D eigenvalue weighted by atomic mass is 9.78. The standard InChI is InChI=1S/C19H30N2O3/c22-17(16-5-4-11-21(16)18(23)14-6-7-14)20-15-8-12-24-19(13-15)9-2-1-3-10-19/h14-16H,1-13H2,(H,20,22)/t15-,16+/m1/s1. The van der Waals surface area contributed by atoms with Gasteiger partial charge in [-0.3, -0.25) is 9.59 Å². The van der Waals surface area contributed by atoms with E-state index in [1.165, 1.54) is 19.3 Å². The average Bonchev–Trinajstić information content (AvgIpc) is 3.31. The van der Waals surface area contributed by atoms with Crippen molar-refractivity contribution >= 4 is 11.8 Å². The van der Waals surface area contributed by atoms with E-state index in [1.807, 2.05) is 4.90 Å². The Morgan fingerprint density at radius 1 is 1.00 bits per heavy atom. The maximum Gasteiger partial charge on any atom is 0.243 e. The molecule has 4 aliphatic rings. The fourth-order valence-electron chi connectivity index (χ4n) is 4.86. The van der Waals surface area contributed by atoms with Gasteiger partial charge in [0.05, 0.1) is 5.60 Å². The number of hydrogen-bond acceptors (Lipinski definition) is 3. The fraction of sp³-hybridized carbons (Fsp3) is 0.895. The SMILES string of the molecule is O=C(N[C@@H]1CCOC2(CCCCC2)C1)[C@@H]1CCCN1C(=O)C1CC1. The van der Waals surface area contributed by atoms with Crippen molar-refractivity contribution in [3.05, 3.63) is 0 Å². The minimum atomic E-state index is -0.233. The van der Waals surface area contributed by atoms with Crippen LogP contribution in [0.15, 0.2) is 0 Å². The van der Waals surface area contributed by atoms with Gasteiger partial charge < -0.3 is 15.0 Å². The molecule has 5 nitrogen and oxygen atoms in total. The summed E-state index contributed by atoms with van der Waals surface area (Å²) in [5.74, 6) is 0.481. The first kappa shape index (κ1) is 16.4. The third kappa shape index (κ3) is 3.32. The van der Waals surface area contributed by atoms with Crippen molar-refractivity contribution in [1.82, 2.24) is 10.2 Å². The van der Waals surface area contributed by atoms with E-state index >= 15 is 0 Å². The van der Waals surface area contributed by atoms with Gasteiger partial charge >= 0.3 is 0 Å². The van der Waals surface area contributed by atoms with Gasteiger partial charge in [0.25, 0.3) is 0 Å². The molecule has 2 saturated carbocycles. The molecule has 134 valence electrons. The van der Waals surface area contributed by atoms with Crippen molar-refractivity contribution in [2.45, 2.75) is 88.3 Å². The van der Waals surface area contributed by atoms with Crippen LogP contribution in [0.25, 0.3) is 0 Å². The molecule has 0 radical (unpaired) electrons. The molecule has 2 amide bonds. The second-order valence-electron chi connectivity index (χ2n) is 8.25. The van der Waals surface area contributed by atoms with E-state index in [-0.39, 0.29) is 35.4 Å². The highest BCUT2D eigenvalue weighted by atomic mass is 16.5. The molecule has 2 heterocycles. The van der Waals surface area contributed by atoms with Gasteiger partial charge in [-0.2, -0.15) is 0 Å². The molecule has 4 fully saturated rings. The smallest absolute Gasteiger partial charge is 0.243 e. The Labute approximate surface area is 144 Å². The van der Waals surface area contributed by atoms with Gasteiger partial charge in [-0.15, -0.1) is 0 Å². The number of amides is 2. The third-order valence-corrected chi connectivity index (χ3v) is 6.37. The number of ether oxygens (including phenoxy) is 1. The van der Waals surface area contributed by atoms with Crippen molar-refractivity contribution in [1.29, 1.82) is 0 Å². The summed E-state index contributed by atoms with van der Waals surface area (Å²) >= 11 is 0. The van der Waals surface area contributed by atoms with E-state index in [0.29, 0.717) is 0 Å².